The molecule has 82 valence electrons. The van der Waals surface area contributed by atoms with Crippen molar-refractivity contribution in [1.29, 1.82) is 0 Å². The molecule has 0 spiro atoms. The molecule has 1 fully saturated rings. The van der Waals surface area contributed by atoms with E-state index < -0.39 is 12.0 Å². The van der Waals surface area contributed by atoms with E-state index in [1.54, 1.807) is 18.2 Å². The maximum Gasteiger partial charge on any atom is 0.296 e. The molecule has 1 aliphatic heterocycles. The SMILES string of the molecule is CSC(=S)OC1CCN(C)CC1(F)F. The highest BCUT2D eigenvalue weighted by atomic mass is 32.2. The van der Waals surface area contributed by atoms with Crippen LogP contribution in [0, 0.1) is 0 Å². The number of ether oxygens (including phenoxy) is 1. The van der Waals surface area contributed by atoms with Gasteiger partial charge >= 0.3 is 0 Å². The lowest BCUT2D eigenvalue weighted by Gasteiger charge is -2.36. The van der Waals surface area contributed by atoms with Gasteiger partial charge in [-0.25, -0.2) is 8.78 Å². The Labute approximate surface area is 92.0 Å². The summed E-state index contributed by atoms with van der Waals surface area (Å²) in [6, 6.07) is 0. The van der Waals surface area contributed by atoms with E-state index in [1.165, 1.54) is 11.8 Å². The number of likely N-dealkylation sites (tertiary alicyclic amines) is 1. The molecule has 0 aromatic rings. The lowest BCUT2D eigenvalue weighted by Crippen LogP contribution is -2.51. The van der Waals surface area contributed by atoms with E-state index >= 15 is 0 Å². The zero-order valence-electron chi connectivity index (χ0n) is 8.13. The maximum absolute atomic E-state index is 13.4. The molecule has 14 heavy (non-hydrogen) atoms. The van der Waals surface area contributed by atoms with Gasteiger partial charge in [-0.3, -0.25) is 0 Å². The summed E-state index contributed by atoms with van der Waals surface area (Å²) in [7, 11) is 1.68. The molecule has 1 heterocycles. The number of hydrogen-bond acceptors (Lipinski definition) is 4. The summed E-state index contributed by atoms with van der Waals surface area (Å²) in [6.07, 6.45) is 0.984. The molecule has 0 N–H and O–H groups in total. The number of rotatable bonds is 1. The normalized spacial score (nSPS) is 27.3. The van der Waals surface area contributed by atoms with Crippen LogP contribution >= 0.6 is 24.0 Å². The largest absolute Gasteiger partial charge is 0.469 e. The minimum Gasteiger partial charge on any atom is -0.469 e. The topological polar surface area (TPSA) is 12.5 Å². The number of alkyl halides is 2. The van der Waals surface area contributed by atoms with Gasteiger partial charge in [0.2, 0.25) is 4.38 Å². The van der Waals surface area contributed by atoms with Crippen LogP contribution in [-0.2, 0) is 4.74 Å². The van der Waals surface area contributed by atoms with Gasteiger partial charge in [-0.15, -0.1) is 0 Å². The van der Waals surface area contributed by atoms with E-state index in [2.05, 4.69) is 0 Å². The van der Waals surface area contributed by atoms with Gasteiger partial charge in [-0.1, -0.05) is 11.8 Å². The molecule has 1 aliphatic rings. The van der Waals surface area contributed by atoms with Gasteiger partial charge in [0.05, 0.1) is 6.54 Å². The fourth-order valence-corrected chi connectivity index (χ4v) is 1.73. The Bertz CT molecular complexity index is 225. The van der Waals surface area contributed by atoms with Crippen molar-refractivity contribution in [3.8, 4) is 0 Å². The Morgan fingerprint density at radius 2 is 2.29 bits per heavy atom. The number of hydrogen-bond donors (Lipinski definition) is 0. The molecule has 0 aliphatic carbocycles. The first-order valence-corrected chi connectivity index (χ1v) is 5.90. The van der Waals surface area contributed by atoms with Crippen LogP contribution in [0.15, 0.2) is 0 Å². The van der Waals surface area contributed by atoms with Gasteiger partial charge in [0.15, 0.2) is 6.10 Å². The van der Waals surface area contributed by atoms with Crippen molar-refractivity contribution in [3.63, 3.8) is 0 Å². The summed E-state index contributed by atoms with van der Waals surface area (Å²) in [5, 5.41) is 0. The van der Waals surface area contributed by atoms with E-state index in [1.807, 2.05) is 0 Å². The van der Waals surface area contributed by atoms with Crippen molar-refractivity contribution in [2.75, 3.05) is 26.4 Å². The Kier molecular flexibility index (Phi) is 4.09. The second-order valence-electron chi connectivity index (χ2n) is 3.35. The van der Waals surface area contributed by atoms with Gasteiger partial charge in [0.25, 0.3) is 5.92 Å². The van der Waals surface area contributed by atoms with Crippen molar-refractivity contribution >= 4 is 28.4 Å². The van der Waals surface area contributed by atoms with Crippen molar-refractivity contribution in [2.24, 2.45) is 0 Å². The lowest BCUT2D eigenvalue weighted by atomic mass is 10.0. The second-order valence-corrected chi connectivity index (χ2v) is 4.76. The summed E-state index contributed by atoms with van der Waals surface area (Å²) in [5.74, 6) is -2.80. The van der Waals surface area contributed by atoms with Crippen LogP contribution in [0.3, 0.4) is 0 Å². The molecule has 0 bridgehead atoms. The third-order valence-corrected chi connectivity index (χ3v) is 3.16. The third-order valence-electron chi connectivity index (χ3n) is 2.13. The number of thioether (sulfide) groups is 1. The van der Waals surface area contributed by atoms with E-state index in [-0.39, 0.29) is 10.9 Å². The van der Waals surface area contributed by atoms with E-state index in [4.69, 9.17) is 17.0 Å². The number of piperidine rings is 1. The Morgan fingerprint density at radius 1 is 1.64 bits per heavy atom. The predicted molar refractivity (Wildman–Crippen MR) is 58.0 cm³/mol. The summed E-state index contributed by atoms with van der Waals surface area (Å²) in [5.41, 5.74) is 0. The van der Waals surface area contributed by atoms with Gasteiger partial charge in [-0.05, 0) is 25.5 Å². The second kappa shape index (κ2) is 4.72. The van der Waals surface area contributed by atoms with E-state index in [9.17, 15) is 8.78 Å². The number of nitrogens with zero attached hydrogens (tertiary/aromatic N) is 1. The first-order valence-electron chi connectivity index (χ1n) is 4.26. The van der Waals surface area contributed by atoms with Crippen LogP contribution in [0.5, 0.6) is 0 Å². The van der Waals surface area contributed by atoms with Crippen LogP contribution < -0.4 is 0 Å². The van der Waals surface area contributed by atoms with Gasteiger partial charge in [0.1, 0.15) is 0 Å². The molecular weight excluding hydrogens is 228 g/mol. The molecular formula is C8H13F2NOS2. The first kappa shape index (κ1) is 12.1. The molecule has 0 amide bonds. The number of halogens is 2. The van der Waals surface area contributed by atoms with Crippen LogP contribution in [0.1, 0.15) is 6.42 Å². The summed E-state index contributed by atoms with van der Waals surface area (Å²) in [6.45, 7) is 0.367. The van der Waals surface area contributed by atoms with Crippen molar-refractivity contribution in [3.05, 3.63) is 0 Å². The molecule has 1 rings (SSSR count). The molecule has 1 unspecified atom stereocenters. The Hall–Kier alpha value is 0.0600. The average Bonchev–Trinajstić information content (AvgIpc) is 2.08. The van der Waals surface area contributed by atoms with Gasteiger partial charge in [0, 0.05) is 13.0 Å². The molecule has 2 nitrogen and oxygen atoms in total. The molecule has 6 heteroatoms. The summed E-state index contributed by atoms with van der Waals surface area (Å²) in [4.78, 5) is 1.60. The van der Waals surface area contributed by atoms with Crippen molar-refractivity contribution in [1.82, 2.24) is 4.90 Å². The molecule has 0 aromatic carbocycles. The fraction of sp³-hybridized carbons (Fsp3) is 0.875. The minimum atomic E-state index is -2.80. The molecule has 1 saturated heterocycles. The molecule has 0 saturated carbocycles. The maximum atomic E-state index is 13.4. The highest BCUT2D eigenvalue weighted by molar-refractivity contribution is 8.22. The van der Waals surface area contributed by atoms with Crippen molar-refractivity contribution in [2.45, 2.75) is 18.4 Å². The van der Waals surface area contributed by atoms with Gasteiger partial charge in [-0.2, -0.15) is 0 Å². The van der Waals surface area contributed by atoms with Crippen LogP contribution in [-0.4, -0.2) is 47.7 Å². The summed E-state index contributed by atoms with van der Waals surface area (Å²) < 4.78 is 32.0. The smallest absolute Gasteiger partial charge is 0.296 e. The van der Waals surface area contributed by atoms with E-state index in [0.717, 1.165) is 0 Å². The third kappa shape index (κ3) is 3.03. The molecule has 0 radical (unpaired) electrons. The minimum absolute atomic E-state index is 0.194. The zero-order chi connectivity index (χ0) is 10.8. The number of thiocarbonyl (C=S) groups is 1. The lowest BCUT2D eigenvalue weighted by molar-refractivity contribution is -0.137. The molecule has 0 aromatic heterocycles. The zero-order valence-corrected chi connectivity index (χ0v) is 9.76. The Morgan fingerprint density at radius 3 is 2.79 bits per heavy atom. The predicted octanol–water partition coefficient (Wildman–Crippen LogP) is 1.99. The quantitative estimate of drug-likeness (QED) is 0.651. The standard InChI is InChI=1S/C8H13F2NOS2/c1-11-4-3-6(8(9,10)5-11)12-7(13)14-2/h6H,3-5H2,1-2H3. The first-order chi connectivity index (χ1) is 6.45. The van der Waals surface area contributed by atoms with Crippen molar-refractivity contribution < 1.29 is 13.5 Å². The Balaban J connectivity index is 2.56. The highest BCUT2D eigenvalue weighted by Crippen LogP contribution is 2.30. The molecule has 1 atom stereocenters. The van der Waals surface area contributed by atoms with Crippen LogP contribution in [0.25, 0.3) is 0 Å². The average molecular weight is 241 g/mol. The van der Waals surface area contributed by atoms with Gasteiger partial charge < -0.3 is 9.64 Å². The summed E-state index contributed by atoms with van der Waals surface area (Å²) >= 11 is 5.94. The monoisotopic (exact) mass is 241 g/mol. The fourth-order valence-electron chi connectivity index (χ4n) is 1.40. The van der Waals surface area contributed by atoms with Crippen LogP contribution in [0.2, 0.25) is 0 Å². The van der Waals surface area contributed by atoms with E-state index in [0.29, 0.717) is 13.0 Å². The van der Waals surface area contributed by atoms with Crippen LogP contribution in [0.4, 0.5) is 8.78 Å². The highest BCUT2D eigenvalue weighted by Gasteiger charge is 2.45.